The van der Waals surface area contributed by atoms with Crippen LogP contribution in [0.1, 0.15) is 26.3 Å². The molecule has 1 aliphatic rings. The smallest absolute Gasteiger partial charge is 0.264 e. The second-order valence-corrected chi connectivity index (χ2v) is 10.7. The van der Waals surface area contributed by atoms with E-state index in [0.717, 1.165) is 5.69 Å². The first-order chi connectivity index (χ1) is 16.7. The number of hydrogen-bond donors (Lipinski definition) is 1. The number of carbonyl (C=O) groups is 2. The molecule has 0 aromatic heterocycles. The van der Waals surface area contributed by atoms with E-state index in [9.17, 15) is 22.4 Å². The minimum Gasteiger partial charge on any atom is -0.368 e. The number of hydrogen-bond acceptors (Lipinski definition) is 5. The number of halogens is 2. The highest BCUT2D eigenvalue weighted by molar-refractivity contribution is 9.10. The fourth-order valence-corrected chi connectivity index (χ4v) is 5.18. The van der Waals surface area contributed by atoms with Gasteiger partial charge >= 0.3 is 0 Å². The van der Waals surface area contributed by atoms with E-state index in [1.807, 2.05) is 0 Å². The average Bonchev–Trinajstić information content (AvgIpc) is 2.85. The van der Waals surface area contributed by atoms with E-state index in [4.69, 9.17) is 0 Å². The number of anilines is 1. The lowest BCUT2D eigenvalue weighted by Crippen LogP contribution is -2.48. The van der Waals surface area contributed by atoms with Crippen LogP contribution in [0.25, 0.3) is 0 Å². The lowest BCUT2D eigenvalue weighted by molar-refractivity contribution is 0.0746. The van der Waals surface area contributed by atoms with Gasteiger partial charge in [0.15, 0.2) is 0 Å². The largest absolute Gasteiger partial charge is 0.368 e. The highest BCUT2D eigenvalue weighted by Crippen LogP contribution is 2.21. The molecule has 1 N–H and O–H groups in total. The van der Waals surface area contributed by atoms with Crippen molar-refractivity contribution in [2.45, 2.75) is 5.75 Å². The third kappa shape index (κ3) is 6.26. The van der Waals surface area contributed by atoms with Gasteiger partial charge in [-0.1, -0.05) is 30.3 Å². The molecule has 7 nitrogen and oxygen atoms in total. The molecule has 10 heteroatoms. The van der Waals surface area contributed by atoms with Gasteiger partial charge in [-0.05, 0) is 64.0 Å². The molecule has 0 radical (unpaired) electrons. The molecule has 1 heterocycles. The monoisotopic (exact) mass is 559 g/mol. The Morgan fingerprint density at radius 2 is 1.51 bits per heavy atom. The van der Waals surface area contributed by atoms with Crippen molar-refractivity contribution >= 4 is 43.5 Å². The van der Waals surface area contributed by atoms with E-state index in [2.05, 4.69) is 25.6 Å². The van der Waals surface area contributed by atoms with Crippen LogP contribution in [0, 0.1) is 5.82 Å². The minimum absolute atomic E-state index is 0.222. The molecule has 1 saturated heterocycles. The normalized spacial score (nSPS) is 14.0. The molecule has 0 bridgehead atoms. The average molecular weight is 560 g/mol. The Morgan fingerprint density at radius 3 is 2.14 bits per heavy atom. The van der Waals surface area contributed by atoms with Crippen LogP contribution in [0.15, 0.2) is 77.3 Å². The van der Waals surface area contributed by atoms with Crippen molar-refractivity contribution in [1.82, 2.24) is 9.62 Å². The molecule has 4 rings (SSSR count). The second-order valence-electron chi connectivity index (χ2n) is 8.13. The molecule has 2 amide bonds. The number of sulfonamides is 1. The number of piperazine rings is 1. The molecule has 0 aliphatic carbocycles. The highest BCUT2D eigenvalue weighted by Gasteiger charge is 2.23. The van der Waals surface area contributed by atoms with Crippen molar-refractivity contribution < 1.29 is 22.4 Å². The lowest BCUT2D eigenvalue weighted by atomic mass is 10.1. The lowest BCUT2D eigenvalue weighted by Gasteiger charge is -2.36. The summed E-state index contributed by atoms with van der Waals surface area (Å²) in [5.41, 5.74) is 1.98. The quantitative estimate of drug-likeness (QED) is 0.496. The van der Waals surface area contributed by atoms with Gasteiger partial charge in [0.05, 0.1) is 10.2 Å². The molecule has 182 valence electrons. The topological polar surface area (TPSA) is 86.8 Å². The van der Waals surface area contributed by atoms with Crippen LogP contribution in [0.3, 0.4) is 0 Å². The summed E-state index contributed by atoms with van der Waals surface area (Å²) in [5, 5.41) is 0. The van der Waals surface area contributed by atoms with Crippen LogP contribution < -0.4 is 9.62 Å². The summed E-state index contributed by atoms with van der Waals surface area (Å²) in [6, 6.07) is 19.6. The number of rotatable bonds is 6. The first-order valence-electron chi connectivity index (χ1n) is 10.9. The van der Waals surface area contributed by atoms with Crippen molar-refractivity contribution in [2.75, 3.05) is 31.1 Å². The summed E-state index contributed by atoms with van der Waals surface area (Å²) in [7, 11) is -3.83. The van der Waals surface area contributed by atoms with Gasteiger partial charge in [0.2, 0.25) is 10.0 Å². The molecule has 0 unspecified atom stereocenters. The summed E-state index contributed by atoms with van der Waals surface area (Å²) in [5.74, 6) is -1.68. The van der Waals surface area contributed by atoms with Crippen LogP contribution in [0.4, 0.5) is 10.1 Å². The van der Waals surface area contributed by atoms with Crippen LogP contribution in [-0.4, -0.2) is 51.3 Å². The Labute approximate surface area is 211 Å². The summed E-state index contributed by atoms with van der Waals surface area (Å²) in [4.78, 5) is 28.9. The van der Waals surface area contributed by atoms with Gasteiger partial charge in [0, 0.05) is 43.0 Å². The van der Waals surface area contributed by atoms with Crippen molar-refractivity contribution in [3.8, 4) is 0 Å². The molecule has 35 heavy (non-hydrogen) atoms. The maximum atomic E-state index is 13.8. The molecule has 0 atom stereocenters. The molecule has 3 aromatic rings. The zero-order valence-electron chi connectivity index (χ0n) is 18.7. The Kier molecular flexibility index (Phi) is 7.51. The molecule has 0 saturated carbocycles. The fraction of sp³-hybridized carbons (Fsp3) is 0.200. The molecule has 1 aliphatic heterocycles. The molecular formula is C25H23BrFN3O4S. The van der Waals surface area contributed by atoms with Gasteiger partial charge in [-0.15, -0.1) is 0 Å². The van der Waals surface area contributed by atoms with Gasteiger partial charge in [-0.25, -0.2) is 17.5 Å². The maximum absolute atomic E-state index is 13.8. The van der Waals surface area contributed by atoms with E-state index in [0.29, 0.717) is 41.8 Å². The second kappa shape index (κ2) is 10.6. The third-order valence-corrected chi connectivity index (χ3v) is 7.53. The number of nitrogens with one attached hydrogen (secondary N) is 1. The van der Waals surface area contributed by atoms with E-state index >= 15 is 0 Å². The Bertz CT molecular complexity index is 1330. The number of benzene rings is 3. The van der Waals surface area contributed by atoms with Crippen molar-refractivity contribution in [1.29, 1.82) is 0 Å². The number of amides is 2. The highest BCUT2D eigenvalue weighted by atomic mass is 79.9. The van der Waals surface area contributed by atoms with Crippen LogP contribution in [0.2, 0.25) is 0 Å². The standard InChI is InChI=1S/C25H23BrFN3O4S/c26-22-11-8-20(16-23(22)27)25(32)30-14-12-29(13-15-30)21-9-6-19(7-10-21)24(31)28-35(33,34)17-18-4-2-1-3-5-18/h1-11,16H,12-15,17H2,(H,28,31). The van der Waals surface area contributed by atoms with Gasteiger partial charge < -0.3 is 9.80 Å². The Balaban J connectivity index is 1.33. The molecular weight excluding hydrogens is 537 g/mol. The predicted molar refractivity (Wildman–Crippen MR) is 135 cm³/mol. The molecule has 1 fully saturated rings. The molecule has 3 aromatic carbocycles. The summed E-state index contributed by atoms with van der Waals surface area (Å²) < 4.78 is 40.9. The molecule has 0 spiro atoms. The third-order valence-electron chi connectivity index (χ3n) is 5.68. The predicted octanol–water partition coefficient (Wildman–Crippen LogP) is 3.81. The van der Waals surface area contributed by atoms with Gasteiger partial charge in [0.1, 0.15) is 5.82 Å². The van der Waals surface area contributed by atoms with Crippen molar-refractivity contribution in [3.05, 3.63) is 99.8 Å². The first kappa shape index (κ1) is 24.9. The number of carbonyl (C=O) groups excluding carboxylic acids is 2. The van der Waals surface area contributed by atoms with Gasteiger partial charge in [-0.3, -0.25) is 9.59 Å². The maximum Gasteiger partial charge on any atom is 0.264 e. The Morgan fingerprint density at radius 1 is 0.886 bits per heavy atom. The summed E-state index contributed by atoms with van der Waals surface area (Å²) >= 11 is 3.09. The van der Waals surface area contributed by atoms with E-state index < -0.39 is 21.7 Å². The fourth-order valence-electron chi connectivity index (χ4n) is 3.83. The zero-order valence-corrected chi connectivity index (χ0v) is 21.1. The summed E-state index contributed by atoms with van der Waals surface area (Å²) in [6.45, 7) is 2.08. The van der Waals surface area contributed by atoms with Crippen molar-refractivity contribution in [3.63, 3.8) is 0 Å². The van der Waals surface area contributed by atoms with E-state index in [-0.39, 0.29) is 17.2 Å². The first-order valence-corrected chi connectivity index (χ1v) is 13.3. The summed E-state index contributed by atoms with van der Waals surface area (Å²) in [6.07, 6.45) is 0. The van der Waals surface area contributed by atoms with Crippen LogP contribution in [0.5, 0.6) is 0 Å². The van der Waals surface area contributed by atoms with Crippen LogP contribution >= 0.6 is 15.9 Å². The van der Waals surface area contributed by atoms with Gasteiger partial charge in [-0.2, -0.15) is 0 Å². The zero-order chi connectivity index (χ0) is 25.0. The van der Waals surface area contributed by atoms with Crippen LogP contribution in [-0.2, 0) is 15.8 Å². The van der Waals surface area contributed by atoms with E-state index in [1.165, 1.54) is 12.1 Å². The number of nitrogens with zero attached hydrogens (tertiary/aromatic N) is 2. The minimum atomic E-state index is -3.83. The Hall–Kier alpha value is -3.24. The van der Waals surface area contributed by atoms with Crippen molar-refractivity contribution in [2.24, 2.45) is 0 Å². The SMILES string of the molecule is O=C(NS(=O)(=O)Cc1ccccc1)c1ccc(N2CCN(C(=O)c3ccc(Br)c(F)c3)CC2)cc1. The van der Waals surface area contributed by atoms with Gasteiger partial charge in [0.25, 0.3) is 11.8 Å². The van der Waals surface area contributed by atoms with E-state index in [1.54, 1.807) is 65.6 Å².